The molecule has 3 aromatic rings. The zero-order valence-corrected chi connectivity index (χ0v) is 17.3. The van der Waals surface area contributed by atoms with Gasteiger partial charge in [-0.2, -0.15) is 0 Å². The Labute approximate surface area is 171 Å². The summed E-state index contributed by atoms with van der Waals surface area (Å²) in [6, 6.07) is 21.5. The third kappa shape index (κ3) is 3.89. The van der Waals surface area contributed by atoms with Crippen molar-refractivity contribution in [3.8, 4) is 0 Å². The molecule has 2 heterocycles. The van der Waals surface area contributed by atoms with Gasteiger partial charge >= 0.3 is 0 Å². The summed E-state index contributed by atoms with van der Waals surface area (Å²) in [5.41, 5.74) is 5.28. The fourth-order valence-corrected chi connectivity index (χ4v) is 4.71. The van der Waals surface area contributed by atoms with Gasteiger partial charge in [0.05, 0.1) is 10.9 Å². The summed E-state index contributed by atoms with van der Waals surface area (Å²) in [7, 11) is 0. The lowest BCUT2D eigenvalue weighted by atomic mass is 9.92. The average molecular weight is 391 g/mol. The lowest BCUT2D eigenvalue weighted by Gasteiger charge is -2.40. The summed E-state index contributed by atoms with van der Waals surface area (Å²) in [5, 5.41) is 1.97. The lowest BCUT2D eigenvalue weighted by Crippen LogP contribution is -2.49. The van der Waals surface area contributed by atoms with E-state index in [-0.39, 0.29) is 11.9 Å². The maximum Gasteiger partial charge on any atom is 0.264 e. The number of rotatable bonds is 4. The van der Waals surface area contributed by atoms with Gasteiger partial charge in [-0.3, -0.25) is 9.69 Å². The van der Waals surface area contributed by atoms with Gasteiger partial charge in [0.1, 0.15) is 0 Å². The second kappa shape index (κ2) is 8.29. The lowest BCUT2D eigenvalue weighted by molar-refractivity contribution is 0.0601. The highest BCUT2D eigenvalue weighted by atomic mass is 32.1. The molecule has 0 saturated carbocycles. The molecule has 3 nitrogen and oxygen atoms in total. The summed E-state index contributed by atoms with van der Waals surface area (Å²) >= 11 is 1.52. The van der Waals surface area contributed by atoms with Crippen LogP contribution < -0.4 is 0 Å². The first-order chi connectivity index (χ1) is 13.6. The molecule has 1 atom stereocenters. The van der Waals surface area contributed by atoms with E-state index in [9.17, 15) is 4.79 Å². The molecule has 0 spiro atoms. The van der Waals surface area contributed by atoms with Gasteiger partial charge < -0.3 is 4.90 Å². The molecule has 1 fully saturated rings. The molecule has 1 aromatic heterocycles. The predicted molar refractivity (Wildman–Crippen MR) is 116 cm³/mol. The van der Waals surface area contributed by atoms with E-state index in [0.717, 1.165) is 31.1 Å². The summed E-state index contributed by atoms with van der Waals surface area (Å²) in [5.74, 6) is 0.164. The molecule has 1 aliphatic rings. The molecule has 2 aromatic carbocycles. The first kappa shape index (κ1) is 18.9. The number of piperazine rings is 1. The molecule has 144 valence electrons. The second-order valence-electron chi connectivity index (χ2n) is 7.48. The minimum Gasteiger partial charge on any atom is -0.335 e. The molecule has 28 heavy (non-hydrogen) atoms. The van der Waals surface area contributed by atoms with E-state index in [1.807, 2.05) is 22.4 Å². The Bertz CT molecular complexity index is 929. The van der Waals surface area contributed by atoms with Crippen LogP contribution in [0.15, 0.2) is 66.0 Å². The number of carbonyl (C=O) groups is 1. The van der Waals surface area contributed by atoms with Crippen LogP contribution in [-0.2, 0) is 0 Å². The maximum atomic E-state index is 12.7. The number of aryl methyl sites for hydroxylation is 2. The van der Waals surface area contributed by atoms with Gasteiger partial charge in [-0.15, -0.1) is 11.3 Å². The molecule has 4 rings (SSSR count). The van der Waals surface area contributed by atoms with Crippen LogP contribution in [0.25, 0.3) is 0 Å². The van der Waals surface area contributed by atoms with Crippen molar-refractivity contribution in [2.24, 2.45) is 0 Å². The number of nitrogens with zero attached hydrogens (tertiary/aromatic N) is 2. The Morgan fingerprint density at radius 3 is 2.36 bits per heavy atom. The zero-order chi connectivity index (χ0) is 19.5. The van der Waals surface area contributed by atoms with Gasteiger partial charge in [-0.1, -0.05) is 60.2 Å². The molecule has 4 heteroatoms. The van der Waals surface area contributed by atoms with Crippen LogP contribution in [0.1, 0.15) is 38.0 Å². The third-order valence-electron chi connectivity index (χ3n) is 5.54. The van der Waals surface area contributed by atoms with Gasteiger partial charge in [0, 0.05) is 26.2 Å². The number of hydrogen-bond donors (Lipinski definition) is 0. The molecule has 1 aliphatic heterocycles. The van der Waals surface area contributed by atoms with E-state index in [0.29, 0.717) is 0 Å². The Balaban J connectivity index is 1.58. The minimum atomic E-state index is 0.164. The van der Waals surface area contributed by atoms with Gasteiger partial charge in [0.2, 0.25) is 0 Å². The predicted octanol–water partition coefficient (Wildman–Crippen LogP) is 4.91. The van der Waals surface area contributed by atoms with Gasteiger partial charge in [-0.25, -0.2) is 0 Å². The first-order valence-electron chi connectivity index (χ1n) is 9.82. The minimum absolute atomic E-state index is 0.164. The average Bonchev–Trinajstić information content (AvgIpc) is 3.26. The van der Waals surface area contributed by atoms with Crippen molar-refractivity contribution >= 4 is 17.2 Å². The Kier molecular flexibility index (Phi) is 5.60. The van der Waals surface area contributed by atoms with Crippen molar-refractivity contribution in [3.63, 3.8) is 0 Å². The van der Waals surface area contributed by atoms with E-state index in [1.165, 1.54) is 33.6 Å². The van der Waals surface area contributed by atoms with Crippen LogP contribution in [0.4, 0.5) is 0 Å². The van der Waals surface area contributed by atoms with Crippen LogP contribution in [0.5, 0.6) is 0 Å². The highest BCUT2D eigenvalue weighted by Crippen LogP contribution is 2.32. The Hall–Kier alpha value is -2.43. The zero-order valence-electron chi connectivity index (χ0n) is 16.5. The fraction of sp³-hybridized carbons (Fsp3) is 0.292. The van der Waals surface area contributed by atoms with Crippen LogP contribution in [0.2, 0.25) is 0 Å². The summed E-state index contributed by atoms with van der Waals surface area (Å²) in [6.07, 6.45) is 0. The van der Waals surface area contributed by atoms with Crippen molar-refractivity contribution < 1.29 is 4.79 Å². The molecule has 0 aliphatic carbocycles. The van der Waals surface area contributed by atoms with Crippen molar-refractivity contribution in [3.05, 3.63) is 93.2 Å². The van der Waals surface area contributed by atoms with Crippen LogP contribution in [0, 0.1) is 13.8 Å². The number of amides is 1. The monoisotopic (exact) mass is 390 g/mol. The second-order valence-corrected chi connectivity index (χ2v) is 8.43. The standard InChI is InChI=1S/C24H26N2OS/c1-18-10-11-19(2)21(17-18)23(20-7-4-3-5-8-20)25-12-14-26(15-13-25)24(27)22-9-6-16-28-22/h3-11,16-17,23H,12-15H2,1-2H3. The fourth-order valence-electron chi connectivity index (χ4n) is 4.02. The molecule has 0 bridgehead atoms. The number of thiophene rings is 1. The van der Waals surface area contributed by atoms with Crippen molar-refractivity contribution in [1.29, 1.82) is 0 Å². The highest BCUT2D eigenvalue weighted by Gasteiger charge is 2.29. The molecule has 0 radical (unpaired) electrons. The largest absolute Gasteiger partial charge is 0.335 e. The number of benzene rings is 2. The molecular formula is C24H26N2OS. The van der Waals surface area contributed by atoms with Crippen LogP contribution in [-0.4, -0.2) is 41.9 Å². The normalized spacial score (nSPS) is 16.1. The Morgan fingerprint density at radius 2 is 1.68 bits per heavy atom. The summed E-state index contributed by atoms with van der Waals surface area (Å²) in [6.45, 7) is 7.65. The molecule has 1 saturated heterocycles. The topological polar surface area (TPSA) is 23.6 Å². The van der Waals surface area contributed by atoms with Gasteiger partial charge in [0.15, 0.2) is 0 Å². The highest BCUT2D eigenvalue weighted by molar-refractivity contribution is 7.12. The molecule has 1 amide bonds. The molecule has 1 unspecified atom stereocenters. The smallest absolute Gasteiger partial charge is 0.264 e. The van der Waals surface area contributed by atoms with Crippen LogP contribution in [0.3, 0.4) is 0 Å². The summed E-state index contributed by atoms with van der Waals surface area (Å²) in [4.78, 5) is 18.0. The number of carbonyl (C=O) groups excluding carboxylic acids is 1. The van der Waals surface area contributed by atoms with Gasteiger partial charge in [-0.05, 0) is 42.0 Å². The maximum absolute atomic E-state index is 12.7. The van der Waals surface area contributed by atoms with E-state index in [1.54, 1.807) is 0 Å². The number of hydrogen-bond acceptors (Lipinski definition) is 3. The quantitative estimate of drug-likeness (QED) is 0.632. The van der Waals surface area contributed by atoms with Crippen LogP contribution >= 0.6 is 11.3 Å². The van der Waals surface area contributed by atoms with E-state index < -0.39 is 0 Å². The Morgan fingerprint density at radius 1 is 0.929 bits per heavy atom. The summed E-state index contributed by atoms with van der Waals surface area (Å²) < 4.78 is 0. The van der Waals surface area contributed by atoms with Crippen molar-refractivity contribution in [1.82, 2.24) is 9.80 Å². The van der Waals surface area contributed by atoms with Crippen molar-refractivity contribution in [2.75, 3.05) is 26.2 Å². The van der Waals surface area contributed by atoms with E-state index in [4.69, 9.17) is 0 Å². The SMILES string of the molecule is Cc1ccc(C)c(C(c2ccccc2)N2CCN(C(=O)c3cccs3)CC2)c1. The molecule has 0 N–H and O–H groups in total. The molecular weight excluding hydrogens is 364 g/mol. The van der Waals surface area contributed by atoms with E-state index >= 15 is 0 Å². The first-order valence-corrected chi connectivity index (χ1v) is 10.7. The van der Waals surface area contributed by atoms with E-state index in [2.05, 4.69) is 67.3 Å². The van der Waals surface area contributed by atoms with Crippen molar-refractivity contribution in [2.45, 2.75) is 19.9 Å². The van der Waals surface area contributed by atoms with Gasteiger partial charge in [0.25, 0.3) is 5.91 Å². The third-order valence-corrected chi connectivity index (χ3v) is 6.40.